The zero-order valence-electron chi connectivity index (χ0n) is 22.7. The Kier molecular flexibility index (Phi) is 13.9. The van der Waals surface area contributed by atoms with E-state index in [0.29, 0.717) is 22.9 Å². The van der Waals surface area contributed by atoms with Crippen LogP contribution < -0.4 is 29.3 Å². The second kappa shape index (κ2) is 16.3. The summed E-state index contributed by atoms with van der Waals surface area (Å²) in [5.41, 5.74) is 4.00. The molecule has 0 radical (unpaired) electrons. The molecule has 1 fully saturated rings. The molecule has 0 heterocycles. The minimum Gasteiger partial charge on any atom is -0.548 e. The van der Waals surface area contributed by atoms with Gasteiger partial charge in [0, 0.05) is 17.9 Å². The molecule has 202 valence electrons. The van der Waals surface area contributed by atoms with Gasteiger partial charge in [-0.05, 0) is 73.7 Å². The van der Waals surface area contributed by atoms with Gasteiger partial charge in [0.25, 0.3) is 11.7 Å². The smallest absolute Gasteiger partial charge is 0.548 e. The molecule has 0 unspecified atom stereocenters. The number of amides is 1. The van der Waals surface area contributed by atoms with E-state index in [1.165, 1.54) is 38.5 Å². The molecule has 2 aromatic carbocycles. The molecular weight excluding hydrogens is 501 g/mol. The van der Waals surface area contributed by atoms with Crippen molar-refractivity contribution in [1.82, 2.24) is 10.2 Å². The summed E-state index contributed by atoms with van der Waals surface area (Å²) < 4.78 is 24.9. The first kappa shape index (κ1) is 32.4. The molecule has 2 aromatic rings. The van der Waals surface area contributed by atoms with Gasteiger partial charge in [0.2, 0.25) is 0 Å². The van der Waals surface area contributed by atoms with Crippen molar-refractivity contribution in [3.05, 3.63) is 59.2 Å². The number of aliphatic carboxylic acids is 1. The van der Waals surface area contributed by atoms with Gasteiger partial charge in [0.15, 0.2) is 0 Å². The van der Waals surface area contributed by atoms with Gasteiger partial charge in [-0.15, -0.1) is 0 Å². The van der Waals surface area contributed by atoms with Crippen molar-refractivity contribution in [3.63, 3.8) is 0 Å². The zero-order chi connectivity index (χ0) is 26.8. The first-order valence-electron chi connectivity index (χ1n) is 13.0. The summed E-state index contributed by atoms with van der Waals surface area (Å²) in [6, 6.07) is 12.0. The molecule has 38 heavy (non-hydrogen) atoms. The average molecular weight is 539 g/mol. The van der Waals surface area contributed by atoms with E-state index in [9.17, 15) is 23.5 Å². The molecular formula is C29H37F2LiN2O3S. The Balaban J connectivity index is 0.00000507. The predicted octanol–water partition coefficient (Wildman–Crippen LogP) is 2.26. The standard InChI is InChI=1S/C29H38F2N2O3S.Li/c1-20-8-6-7-11-23(20)25-18-22(19-33(2)16-14-21-9-4-3-5-10-21)12-13-24(25)27(34)32-26(28(35)36)15-17-37-29(30)31;/h6-8,11-13,18,21,26,29H,3-5,9-10,14-17,19H2,1-2H3,(H,32,34)(H,35,36);/q;+1/p-1/t26-;/m0./s1. The molecule has 5 nitrogen and oxygen atoms in total. The summed E-state index contributed by atoms with van der Waals surface area (Å²) >= 11 is 0.342. The summed E-state index contributed by atoms with van der Waals surface area (Å²) in [6.45, 7) is 3.71. The number of carboxylic acids is 1. The maximum atomic E-state index is 13.2. The van der Waals surface area contributed by atoms with Crippen molar-refractivity contribution >= 4 is 23.6 Å². The number of aryl methyl sites for hydroxylation is 1. The van der Waals surface area contributed by atoms with Crippen LogP contribution >= 0.6 is 11.8 Å². The molecule has 9 heteroatoms. The van der Waals surface area contributed by atoms with Crippen molar-refractivity contribution in [2.24, 2.45) is 5.92 Å². The number of halogens is 2. The normalized spacial score (nSPS) is 14.8. The Labute approximate surface area is 241 Å². The number of nitrogens with one attached hydrogen (secondary N) is 1. The van der Waals surface area contributed by atoms with Crippen LogP contribution in [-0.4, -0.2) is 47.9 Å². The molecule has 1 aliphatic carbocycles. The second-order valence-electron chi connectivity index (χ2n) is 9.99. The number of hydrogen-bond donors (Lipinski definition) is 1. The van der Waals surface area contributed by atoms with Crippen LogP contribution in [0.1, 0.15) is 66.4 Å². The Bertz CT molecular complexity index is 1050. The van der Waals surface area contributed by atoms with E-state index >= 15 is 0 Å². The largest absolute Gasteiger partial charge is 1.00 e. The third-order valence-electron chi connectivity index (χ3n) is 7.10. The molecule has 1 N–H and O–H groups in total. The fourth-order valence-electron chi connectivity index (χ4n) is 5.02. The van der Waals surface area contributed by atoms with Crippen LogP contribution in [0.3, 0.4) is 0 Å². The number of thioether (sulfide) groups is 1. The summed E-state index contributed by atoms with van der Waals surface area (Å²) in [6.07, 6.45) is 7.71. The summed E-state index contributed by atoms with van der Waals surface area (Å²) in [5.74, 6) is -3.95. The maximum Gasteiger partial charge on any atom is 1.00 e. The van der Waals surface area contributed by atoms with Crippen LogP contribution in [0, 0.1) is 12.8 Å². The van der Waals surface area contributed by atoms with Gasteiger partial charge in [-0.25, -0.2) is 0 Å². The predicted molar refractivity (Wildman–Crippen MR) is 143 cm³/mol. The third kappa shape index (κ3) is 10.0. The third-order valence-corrected chi connectivity index (χ3v) is 7.82. The second-order valence-corrected chi connectivity index (χ2v) is 11.1. The number of hydrogen-bond acceptors (Lipinski definition) is 5. The maximum absolute atomic E-state index is 13.2. The first-order valence-corrected chi connectivity index (χ1v) is 14.1. The molecule has 0 saturated heterocycles. The summed E-state index contributed by atoms with van der Waals surface area (Å²) in [7, 11) is 2.11. The summed E-state index contributed by atoms with van der Waals surface area (Å²) in [5, 5.41) is 14.1. The van der Waals surface area contributed by atoms with Crippen LogP contribution in [0.5, 0.6) is 0 Å². The molecule has 0 spiro atoms. The van der Waals surface area contributed by atoms with Crippen molar-refractivity contribution in [2.75, 3.05) is 19.3 Å². The number of carbonyl (C=O) groups is 2. The van der Waals surface area contributed by atoms with E-state index in [1.54, 1.807) is 6.07 Å². The van der Waals surface area contributed by atoms with E-state index < -0.39 is 23.7 Å². The van der Waals surface area contributed by atoms with E-state index in [4.69, 9.17) is 0 Å². The molecule has 1 amide bonds. The van der Waals surface area contributed by atoms with Gasteiger partial charge in [-0.2, -0.15) is 8.78 Å². The number of carboxylic acid groups (broad SMARTS) is 1. The van der Waals surface area contributed by atoms with Crippen molar-refractivity contribution < 1.29 is 42.3 Å². The molecule has 0 bridgehead atoms. The topological polar surface area (TPSA) is 72.5 Å². The van der Waals surface area contributed by atoms with Gasteiger partial charge in [0.05, 0.1) is 12.0 Å². The van der Waals surface area contributed by atoms with Gasteiger partial charge < -0.3 is 20.1 Å². The number of carbonyl (C=O) groups excluding carboxylic acids is 2. The van der Waals surface area contributed by atoms with Gasteiger partial charge >= 0.3 is 18.9 Å². The fraction of sp³-hybridized carbons (Fsp3) is 0.517. The quantitative estimate of drug-likeness (QED) is 0.396. The van der Waals surface area contributed by atoms with Gasteiger partial charge in [-0.1, -0.05) is 74.2 Å². The SMILES string of the molecule is Cc1ccccc1-c1cc(CN(C)CCC2CCCCC2)ccc1C(=O)N[C@@H](CCSC(F)F)C(=O)[O-].[Li+]. The molecule has 0 aromatic heterocycles. The van der Waals surface area contributed by atoms with E-state index in [2.05, 4.69) is 17.3 Å². The molecule has 0 aliphatic heterocycles. The Morgan fingerprint density at radius 1 is 1.11 bits per heavy atom. The fourth-order valence-corrected chi connectivity index (χ4v) is 5.57. The van der Waals surface area contributed by atoms with Gasteiger partial charge in [0.1, 0.15) is 0 Å². The van der Waals surface area contributed by atoms with Crippen LogP contribution in [0.4, 0.5) is 8.78 Å². The first-order chi connectivity index (χ1) is 17.7. The molecule has 1 atom stereocenters. The van der Waals surface area contributed by atoms with Crippen molar-refractivity contribution in [3.8, 4) is 11.1 Å². The van der Waals surface area contributed by atoms with Crippen molar-refractivity contribution in [1.29, 1.82) is 0 Å². The van der Waals surface area contributed by atoms with Crippen LogP contribution in [0.25, 0.3) is 11.1 Å². The number of alkyl halides is 2. The molecule has 1 saturated carbocycles. The number of rotatable bonds is 13. The van der Waals surface area contributed by atoms with Crippen LogP contribution in [0.15, 0.2) is 42.5 Å². The monoisotopic (exact) mass is 538 g/mol. The zero-order valence-corrected chi connectivity index (χ0v) is 23.5. The summed E-state index contributed by atoms with van der Waals surface area (Å²) in [4.78, 5) is 27.1. The number of benzene rings is 2. The van der Waals surface area contributed by atoms with E-state index in [0.717, 1.165) is 35.7 Å². The van der Waals surface area contributed by atoms with Gasteiger partial charge in [-0.3, -0.25) is 4.79 Å². The van der Waals surface area contributed by atoms with E-state index in [-0.39, 0.29) is 31.0 Å². The minimum absolute atomic E-state index is 0. The Morgan fingerprint density at radius 2 is 1.82 bits per heavy atom. The molecule has 3 rings (SSSR count). The molecule has 1 aliphatic rings. The Hall–Kier alpha value is -1.85. The Morgan fingerprint density at radius 3 is 2.47 bits per heavy atom. The number of nitrogens with zero attached hydrogens (tertiary/aromatic N) is 1. The van der Waals surface area contributed by atoms with Crippen LogP contribution in [0.2, 0.25) is 0 Å². The van der Waals surface area contributed by atoms with Crippen LogP contribution in [-0.2, 0) is 11.3 Å². The minimum atomic E-state index is -2.60. The average Bonchev–Trinajstić information content (AvgIpc) is 2.87. The van der Waals surface area contributed by atoms with Crippen molar-refractivity contribution in [2.45, 2.75) is 70.2 Å². The van der Waals surface area contributed by atoms with E-state index in [1.807, 2.05) is 43.3 Å².